The van der Waals surface area contributed by atoms with Crippen LogP contribution in [0.2, 0.25) is 0 Å². The van der Waals surface area contributed by atoms with Crippen LogP contribution >= 0.6 is 0 Å². The van der Waals surface area contributed by atoms with Gasteiger partial charge in [-0.3, -0.25) is 24.2 Å². The fraction of sp³-hybridized carbons (Fsp3) is 0.375. The first kappa shape index (κ1) is 21.2. The third-order valence-electron chi connectivity index (χ3n) is 5.91. The number of hydrogen-bond donors (Lipinski definition) is 1. The van der Waals surface area contributed by atoms with E-state index in [-0.39, 0.29) is 29.3 Å². The van der Waals surface area contributed by atoms with Crippen LogP contribution in [-0.2, 0) is 6.54 Å². The predicted octanol–water partition coefficient (Wildman–Crippen LogP) is 2.69. The smallest absolute Gasteiger partial charge is 0.261 e. The van der Waals surface area contributed by atoms with E-state index in [1.54, 1.807) is 26.0 Å². The average molecular weight is 421 g/mol. The second-order valence-corrected chi connectivity index (χ2v) is 8.56. The molecule has 2 heterocycles. The zero-order valence-corrected chi connectivity index (χ0v) is 18.2. The standard InChI is InChI=1S/C24H28N4O3/c1-16(2)28-23(30)20-9-6-18(14-21(20)24(28)31)22(29)25-19-7-4-17(5-8-19)15-27-12-10-26(3)11-13-27/h4-9,14,16H,10-13,15H2,1-3H3,(H,25,29). The van der Waals surface area contributed by atoms with Crippen molar-refractivity contribution in [1.82, 2.24) is 14.7 Å². The van der Waals surface area contributed by atoms with Crippen molar-refractivity contribution in [3.05, 3.63) is 64.7 Å². The van der Waals surface area contributed by atoms with Crippen LogP contribution in [0.4, 0.5) is 5.69 Å². The number of hydrogen-bond acceptors (Lipinski definition) is 5. The summed E-state index contributed by atoms with van der Waals surface area (Å²) >= 11 is 0. The first-order valence-electron chi connectivity index (χ1n) is 10.7. The van der Waals surface area contributed by atoms with Gasteiger partial charge in [0, 0.05) is 50.0 Å². The van der Waals surface area contributed by atoms with Crippen molar-refractivity contribution in [1.29, 1.82) is 0 Å². The number of anilines is 1. The number of amides is 3. The SMILES string of the molecule is CC(C)N1C(=O)c2ccc(C(=O)Nc3ccc(CN4CCN(C)CC4)cc3)cc2C1=O. The van der Waals surface area contributed by atoms with E-state index in [4.69, 9.17) is 0 Å². The molecule has 162 valence electrons. The number of fused-ring (bicyclic) bond motifs is 1. The van der Waals surface area contributed by atoms with Crippen LogP contribution in [0.5, 0.6) is 0 Å². The van der Waals surface area contributed by atoms with Gasteiger partial charge >= 0.3 is 0 Å². The van der Waals surface area contributed by atoms with Gasteiger partial charge in [-0.05, 0) is 56.8 Å². The molecule has 3 amide bonds. The largest absolute Gasteiger partial charge is 0.322 e. The molecule has 7 heteroatoms. The quantitative estimate of drug-likeness (QED) is 0.753. The number of nitrogens with zero attached hydrogens (tertiary/aromatic N) is 3. The molecule has 0 unspecified atom stereocenters. The zero-order valence-electron chi connectivity index (χ0n) is 18.2. The summed E-state index contributed by atoms with van der Waals surface area (Å²) in [5.74, 6) is -0.964. The normalized spacial score (nSPS) is 17.4. The van der Waals surface area contributed by atoms with Gasteiger partial charge in [0.1, 0.15) is 0 Å². The van der Waals surface area contributed by atoms with Gasteiger partial charge in [-0.1, -0.05) is 12.1 Å². The molecule has 31 heavy (non-hydrogen) atoms. The second kappa shape index (κ2) is 8.61. The molecule has 1 saturated heterocycles. The van der Waals surface area contributed by atoms with Gasteiger partial charge in [-0.2, -0.15) is 0 Å². The van der Waals surface area contributed by atoms with Gasteiger partial charge < -0.3 is 10.2 Å². The Balaban J connectivity index is 1.41. The number of benzene rings is 2. The van der Waals surface area contributed by atoms with Crippen LogP contribution in [0.15, 0.2) is 42.5 Å². The minimum atomic E-state index is -0.349. The summed E-state index contributed by atoms with van der Waals surface area (Å²) in [5, 5.41) is 2.88. The molecule has 0 radical (unpaired) electrons. The van der Waals surface area contributed by atoms with E-state index < -0.39 is 0 Å². The maximum absolute atomic E-state index is 12.7. The van der Waals surface area contributed by atoms with Gasteiger partial charge in [0.15, 0.2) is 0 Å². The number of likely N-dealkylation sites (N-methyl/N-ethyl adjacent to an activating group) is 1. The van der Waals surface area contributed by atoms with Crippen molar-refractivity contribution in [3.63, 3.8) is 0 Å². The lowest BCUT2D eigenvalue weighted by Crippen LogP contribution is -2.43. The molecule has 0 aliphatic carbocycles. The Morgan fingerprint density at radius 2 is 1.58 bits per heavy atom. The Hall–Kier alpha value is -3.03. The summed E-state index contributed by atoms with van der Waals surface area (Å²) in [7, 11) is 2.14. The molecule has 0 atom stereocenters. The number of carbonyl (C=O) groups is 3. The molecule has 4 rings (SSSR count). The summed E-state index contributed by atoms with van der Waals surface area (Å²) in [6, 6.07) is 12.3. The van der Waals surface area contributed by atoms with Gasteiger partial charge in [-0.15, -0.1) is 0 Å². The van der Waals surface area contributed by atoms with E-state index in [1.165, 1.54) is 16.5 Å². The van der Waals surface area contributed by atoms with Crippen molar-refractivity contribution in [2.75, 3.05) is 38.5 Å². The summed E-state index contributed by atoms with van der Waals surface area (Å²) in [5.41, 5.74) is 2.89. The van der Waals surface area contributed by atoms with E-state index >= 15 is 0 Å². The maximum atomic E-state index is 12.7. The summed E-state index contributed by atoms with van der Waals surface area (Å²) in [6.07, 6.45) is 0. The summed E-state index contributed by atoms with van der Waals surface area (Å²) < 4.78 is 0. The van der Waals surface area contributed by atoms with Crippen LogP contribution in [0.25, 0.3) is 0 Å². The van der Waals surface area contributed by atoms with E-state index in [2.05, 4.69) is 22.2 Å². The zero-order chi connectivity index (χ0) is 22.1. The molecule has 2 aliphatic rings. The molecule has 0 saturated carbocycles. The van der Waals surface area contributed by atoms with Crippen LogP contribution in [-0.4, -0.2) is 71.7 Å². The minimum absolute atomic E-state index is 0.228. The first-order valence-corrected chi connectivity index (χ1v) is 10.7. The molecule has 2 aromatic rings. The van der Waals surface area contributed by atoms with Crippen molar-refractivity contribution < 1.29 is 14.4 Å². The number of nitrogens with one attached hydrogen (secondary N) is 1. The Bertz CT molecular complexity index is 1010. The van der Waals surface area contributed by atoms with Gasteiger partial charge in [0.2, 0.25) is 0 Å². The fourth-order valence-corrected chi connectivity index (χ4v) is 4.03. The van der Waals surface area contributed by atoms with Crippen molar-refractivity contribution in [3.8, 4) is 0 Å². The lowest BCUT2D eigenvalue weighted by molar-refractivity contribution is 0.0609. The van der Waals surface area contributed by atoms with Gasteiger partial charge in [0.25, 0.3) is 17.7 Å². The topological polar surface area (TPSA) is 73.0 Å². The molecular weight excluding hydrogens is 392 g/mol. The highest BCUT2D eigenvalue weighted by Gasteiger charge is 2.37. The van der Waals surface area contributed by atoms with Gasteiger partial charge in [-0.25, -0.2) is 0 Å². The molecule has 1 fully saturated rings. The highest BCUT2D eigenvalue weighted by Crippen LogP contribution is 2.26. The third-order valence-corrected chi connectivity index (χ3v) is 5.91. The molecule has 0 aromatic heterocycles. The van der Waals surface area contributed by atoms with Crippen molar-refractivity contribution in [2.24, 2.45) is 0 Å². The average Bonchev–Trinajstić information content (AvgIpc) is 3.01. The third kappa shape index (κ3) is 4.38. The molecule has 7 nitrogen and oxygen atoms in total. The highest BCUT2D eigenvalue weighted by atomic mass is 16.2. The van der Waals surface area contributed by atoms with E-state index in [0.717, 1.165) is 32.7 Å². The molecule has 2 aromatic carbocycles. The van der Waals surface area contributed by atoms with E-state index in [1.807, 2.05) is 24.3 Å². The Morgan fingerprint density at radius 3 is 2.23 bits per heavy atom. The lowest BCUT2D eigenvalue weighted by Gasteiger charge is -2.32. The molecule has 1 N–H and O–H groups in total. The number of imide groups is 1. The fourth-order valence-electron chi connectivity index (χ4n) is 4.03. The van der Waals surface area contributed by atoms with Crippen LogP contribution in [0.3, 0.4) is 0 Å². The van der Waals surface area contributed by atoms with Gasteiger partial charge in [0.05, 0.1) is 11.1 Å². The predicted molar refractivity (Wildman–Crippen MR) is 119 cm³/mol. The Kier molecular flexibility index (Phi) is 5.89. The Morgan fingerprint density at radius 1 is 0.935 bits per heavy atom. The van der Waals surface area contributed by atoms with Crippen molar-refractivity contribution in [2.45, 2.75) is 26.4 Å². The second-order valence-electron chi connectivity index (χ2n) is 8.56. The molecule has 2 aliphatic heterocycles. The van der Waals surface area contributed by atoms with Crippen molar-refractivity contribution >= 4 is 23.4 Å². The minimum Gasteiger partial charge on any atom is -0.322 e. The summed E-state index contributed by atoms with van der Waals surface area (Å²) in [6.45, 7) is 8.77. The molecule has 0 bridgehead atoms. The molecular formula is C24H28N4O3. The Labute approximate surface area is 182 Å². The first-order chi connectivity index (χ1) is 14.8. The van der Waals surface area contributed by atoms with Crippen LogP contribution in [0.1, 0.15) is 50.5 Å². The monoisotopic (exact) mass is 420 g/mol. The number of carbonyl (C=O) groups excluding carboxylic acids is 3. The highest BCUT2D eigenvalue weighted by molar-refractivity contribution is 6.22. The maximum Gasteiger partial charge on any atom is 0.261 e. The van der Waals surface area contributed by atoms with E-state index in [0.29, 0.717) is 16.8 Å². The number of piperazine rings is 1. The lowest BCUT2D eigenvalue weighted by atomic mass is 10.1. The van der Waals surface area contributed by atoms with Crippen LogP contribution < -0.4 is 5.32 Å². The summed E-state index contributed by atoms with van der Waals surface area (Å²) in [4.78, 5) is 43.7. The van der Waals surface area contributed by atoms with Crippen LogP contribution in [0, 0.1) is 0 Å². The van der Waals surface area contributed by atoms with E-state index in [9.17, 15) is 14.4 Å². The number of rotatable bonds is 5. The molecule has 0 spiro atoms.